The number of benzene rings is 3. The minimum Gasteiger partial charge on any atom is -0.490 e. The normalized spacial score (nSPS) is 15.4. The van der Waals surface area contributed by atoms with Crippen molar-refractivity contribution in [1.29, 1.82) is 5.26 Å². The number of hydrogen-bond acceptors (Lipinski definition) is 8. The summed E-state index contributed by atoms with van der Waals surface area (Å²) in [5.41, 5.74) is 4.39. The third kappa shape index (κ3) is 7.13. The van der Waals surface area contributed by atoms with Gasteiger partial charge in [0.05, 0.1) is 46.8 Å². The Bertz CT molecular complexity index is 1950. The summed E-state index contributed by atoms with van der Waals surface area (Å²) in [6.45, 7) is 4.85. The van der Waals surface area contributed by atoms with Gasteiger partial charge in [0.25, 0.3) is 0 Å². The van der Waals surface area contributed by atoms with Crippen LogP contribution in [0.5, 0.6) is 11.5 Å². The highest BCUT2D eigenvalue weighted by molar-refractivity contribution is 5.93. The van der Waals surface area contributed by atoms with Gasteiger partial charge < -0.3 is 23.4 Å². The first kappa shape index (κ1) is 30.4. The molecule has 0 N–H and O–H groups in total. The maximum Gasteiger partial charge on any atom is 0.357 e. The molecule has 47 heavy (non-hydrogen) atoms. The topological polar surface area (TPSA) is 107 Å². The van der Waals surface area contributed by atoms with Crippen molar-refractivity contribution in [1.82, 2.24) is 24.2 Å². The number of carbonyl (C=O) groups excluding carboxylic acids is 1. The van der Waals surface area contributed by atoms with Gasteiger partial charge in [0.2, 0.25) is 0 Å². The number of aryl methyl sites for hydroxylation is 1. The predicted molar refractivity (Wildman–Crippen MR) is 171 cm³/mol. The Kier molecular flexibility index (Phi) is 8.59. The summed E-state index contributed by atoms with van der Waals surface area (Å²) in [6.07, 6.45) is 7.68. The largest absolute Gasteiger partial charge is 0.490 e. The summed E-state index contributed by atoms with van der Waals surface area (Å²) < 4.78 is 30.4. The number of carbonyl (C=O) groups is 1. The lowest BCUT2D eigenvalue weighted by atomic mass is 10.1. The lowest BCUT2D eigenvalue weighted by Gasteiger charge is -2.30. The van der Waals surface area contributed by atoms with Crippen molar-refractivity contribution >= 4 is 17.0 Å². The smallest absolute Gasteiger partial charge is 0.357 e. The number of fused-ring (bicyclic) bond motifs is 1. The van der Waals surface area contributed by atoms with Gasteiger partial charge in [-0.3, -0.25) is 0 Å². The van der Waals surface area contributed by atoms with Gasteiger partial charge in [-0.1, -0.05) is 12.1 Å². The minimum atomic E-state index is -0.575. The van der Waals surface area contributed by atoms with Crippen molar-refractivity contribution in [3.05, 3.63) is 107 Å². The van der Waals surface area contributed by atoms with E-state index in [4.69, 9.17) is 24.6 Å². The summed E-state index contributed by atoms with van der Waals surface area (Å²) in [4.78, 5) is 28.1. The van der Waals surface area contributed by atoms with E-state index in [1.165, 1.54) is 25.0 Å². The molecule has 1 saturated carbocycles. The van der Waals surface area contributed by atoms with Gasteiger partial charge in [-0.15, -0.1) is 5.06 Å². The van der Waals surface area contributed by atoms with E-state index in [1.807, 2.05) is 61.9 Å². The first-order valence-electron chi connectivity index (χ1n) is 15.9. The summed E-state index contributed by atoms with van der Waals surface area (Å²) in [7, 11) is 0. The molecule has 7 rings (SSSR count). The lowest BCUT2D eigenvalue weighted by molar-refractivity contribution is -0.131. The molecule has 1 saturated heterocycles. The molecule has 5 aromatic rings. The Morgan fingerprint density at radius 3 is 2.70 bits per heavy atom. The fourth-order valence-corrected chi connectivity index (χ4v) is 5.92. The van der Waals surface area contributed by atoms with Crippen molar-refractivity contribution in [3.63, 3.8) is 0 Å². The monoisotopic (exact) mass is 634 g/mol. The van der Waals surface area contributed by atoms with Crippen LogP contribution in [0.25, 0.3) is 11.0 Å². The maximum absolute atomic E-state index is 14.2. The third-order valence-corrected chi connectivity index (χ3v) is 8.71. The number of ether oxygens (including phenoxy) is 2. The number of aromatic nitrogens is 4. The van der Waals surface area contributed by atoms with Crippen molar-refractivity contribution in [2.24, 2.45) is 5.92 Å². The first-order chi connectivity index (χ1) is 22.9. The summed E-state index contributed by atoms with van der Waals surface area (Å²) in [5, 5.41) is 10.6. The average molecular weight is 635 g/mol. The van der Waals surface area contributed by atoms with Crippen LogP contribution in [-0.4, -0.2) is 49.3 Å². The molecule has 2 fully saturated rings. The Morgan fingerprint density at radius 2 is 1.91 bits per heavy atom. The number of hydrogen-bond donors (Lipinski definition) is 0. The van der Waals surface area contributed by atoms with Crippen molar-refractivity contribution in [2.45, 2.75) is 58.4 Å². The predicted octanol–water partition coefficient (Wildman–Crippen LogP) is 6.20. The van der Waals surface area contributed by atoms with Crippen molar-refractivity contribution in [2.75, 3.05) is 13.1 Å². The van der Waals surface area contributed by atoms with Crippen LogP contribution in [0.2, 0.25) is 0 Å². The second-order valence-electron chi connectivity index (χ2n) is 12.2. The van der Waals surface area contributed by atoms with E-state index in [9.17, 15) is 9.18 Å². The maximum atomic E-state index is 14.2. The zero-order valence-electron chi connectivity index (χ0n) is 26.1. The van der Waals surface area contributed by atoms with Crippen LogP contribution in [0.3, 0.4) is 0 Å². The van der Waals surface area contributed by atoms with Crippen LogP contribution in [0.15, 0.2) is 73.2 Å². The molecule has 10 nitrogen and oxygen atoms in total. The number of rotatable bonds is 11. The van der Waals surface area contributed by atoms with E-state index in [2.05, 4.69) is 14.1 Å². The van der Waals surface area contributed by atoms with Gasteiger partial charge in [0, 0.05) is 38.7 Å². The highest BCUT2D eigenvalue weighted by Gasteiger charge is 2.25. The molecule has 3 heterocycles. The number of nitriles is 1. The second kappa shape index (κ2) is 13.3. The zero-order valence-corrected chi connectivity index (χ0v) is 26.1. The fourth-order valence-electron chi connectivity index (χ4n) is 5.92. The molecule has 0 unspecified atom stereocenters. The van der Waals surface area contributed by atoms with E-state index in [-0.39, 0.29) is 24.0 Å². The number of nitrogens with zero attached hydrogens (tertiary/aromatic N) is 6. The van der Waals surface area contributed by atoms with Crippen LogP contribution in [0, 0.1) is 30.0 Å². The Hall–Kier alpha value is -5.21. The molecular weight excluding hydrogens is 599 g/mol. The third-order valence-electron chi connectivity index (χ3n) is 8.71. The molecular formula is C36H35FN6O4. The number of piperidine rings is 1. The molecule has 11 heteroatoms. The molecule has 3 aromatic carbocycles. The zero-order chi connectivity index (χ0) is 32.3. The molecule has 0 radical (unpaired) electrons. The average Bonchev–Trinajstić information content (AvgIpc) is 3.71. The fraction of sp³-hybridized carbons (Fsp3) is 0.333. The molecule has 0 bridgehead atoms. The van der Waals surface area contributed by atoms with E-state index in [0.717, 1.165) is 46.6 Å². The van der Waals surface area contributed by atoms with Crippen LogP contribution in [-0.2, 0) is 24.5 Å². The minimum absolute atomic E-state index is 0.0425. The second-order valence-corrected chi connectivity index (χ2v) is 12.2. The SMILES string of the molecule is Cc1nc2ccc(C(=O)ON3CCC(Oc4cccc(COc5ccc(C#N)cc5F)c4)CC3)cc2n1Cc1cncn1CC1CC1. The Labute approximate surface area is 271 Å². The highest BCUT2D eigenvalue weighted by atomic mass is 19.1. The van der Waals surface area contributed by atoms with Gasteiger partial charge >= 0.3 is 5.97 Å². The van der Waals surface area contributed by atoms with E-state index >= 15 is 0 Å². The molecule has 0 spiro atoms. The van der Waals surface area contributed by atoms with Crippen LogP contribution in [0.1, 0.15) is 58.7 Å². The Balaban J connectivity index is 0.927. The lowest BCUT2D eigenvalue weighted by Crippen LogP contribution is -2.39. The first-order valence-corrected chi connectivity index (χ1v) is 15.9. The van der Waals surface area contributed by atoms with Crippen LogP contribution in [0.4, 0.5) is 4.39 Å². The standard InChI is InChI=1S/C36H35FN6O4/c1-24-40-33-9-8-28(17-34(33)43(24)21-29-19-39-23-41(29)20-25-5-6-25)36(44)47-42-13-11-30(12-14-42)46-31-4-2-3-27(15-31)22-45-35-10-7-26(18-38)16-32(35)37/h2-4,7-10,15-17,19,23,25,30H,5-6,11-14,20-22H2,1H3. The van der Waals surface area contributed by atoms with E-state index in [0.29, 0.717) is 43.8 Å². The van der Waals surface area contributed by atoms with Crippen LogP contribution < -0.4 is 9.47 Å². The number of hydroxylamine groups is 2. The quantitative estimate of drug-likeness (QED) is 0.169. The van der Waals surface area contributed by atoms with Gasteiger partial charge in [0.15, 0.2) is 11.6 Å². The highest BCUT2D eigenvalue weighted by Crippen LogP contribution is 2.31. The van der Waals surface area contributed by atoms with Gasteiger partial charge in [0.1, 0.15) is 24.3 Å². The van der Waals surface area contributed by atoms with E-state index in [1.54, 1.807) is 11.1 Å². The van der Waals surface area contributed by atoms with Gasteiger partial charge in [-0.25, -0.2) is 19.2 Å². The van der Waals surface area contributed by atoms with Gasteiger partial charge in [-0.2, -0.15) is 5.26 Å². The van der Waals surface area contributed by atoms with Crippen molar-refractivity contribution in [3.8, 4) is 17.6 Å². The molecule has 0 amide bonds. The van der Waals surface area contributed by atoms with Gasteiger partial charge in [-0.05, 0) is 79.8 Å². The van der Waals surface area contributed by atoms with E-state index < -0.39 is 11.8 Å². The molecule has 2 aliphatic rings. The molecule has 1 aliphatic carbocycles. The molecule has 240 valence electrons. The Morgan fingerprint density at radius 1 is 1.06 bits per heavy atom. The molecule has 0 atom stereocenters. The summed E-state index contributed by atoms with van der Waals surface area (Å²) >= 11 is 0. The summed E-state index contributed by atoms with van der Waals surface area (Å²) in [5.74, 6) is 1.43. The molecule has 2 aromatic heterocycles. The molecule has 1 aliphatic heterocycles. The number of imidazole rings is 2. The summed E-state index contributed by atoms with van der Waals surface area (Å²) in [6, 6.07) is 19.0. The number of halogens is 1. The van der Waals surface area contributed by atoms with Crippen molar-refractivity contribution < 1.29 is 23.5 Å². The van der Waals surface area contributed by atoms with Crippen LogP contribution >= 0.6 is 0 Å².